The second kappa shape index (κ2) is 6.04. The Kier molecular flexibility index (Phi) is 4.13. The Morgan fingerprint density at radius 2 is 2.05 bits per heavy atom. The van der Waals surface area contributed by atoms with Gasteiger partial charge in [0.15, 0.2) is 0 Å². The fourth-order valence-corrected chi connectivity index (χ4v) is 3.72. The maximum Gasteiger partial charge on any atom is 0.254 e. The van der Waals surface area contributed by atoms with Crippen molar-refractivity contribution in [1.29, 1.82) is 0 Å². The van der Waals surface area contributed by atoms with Crippen LogP contribution in [0.15, 0.2) is 12.1 Å². The topological polar surface area (TPSA) is 45.2 Å². The lowest BCUT2D eigenvalue weighted by Crippen LogP contribution is -2.29. The molecule has 114 valence electrons. The van der Waals surface area contributed by atoms with E-state index in [1.54, 1.807) is 0 Å². The predicted molar refractivity (Wildman–Crippen MR) is 84.5 cm³/mol. The Bertz CT molecular complexity index is 517. The quantitative estimate of drug-likeness (QED) is 0.925. The first-order valence-electron chi connectivity index (χ1n) is 8.19. The number of carbonyl (C=O) groups excluding carboxylic acids is 1. The van der Waals surface area contributed by atoms with E-state index in [1.807, 2.05) is 24.0 Å². The molecule has 4 heteroatoms. The molecule has 0 aromatic carbocycles. The minimum Gasteiger partial charge on any atom is -0.370 e. The molecule has 1 saturated heterocycles. The van der Waals surface area contributed by atoms with E-state index in [4.69, 9.17) is 0 Å². The van der Waals surface area contributed by atoms with Crippen molar-refractivity contribution in [2.24, 2.45) is 11.8 Å². The number of amides is 1. The summed E-state index contributed by atoms with van der Waals surface area (Å²) < 4.78 is 0. The van der Waals surface area contributed by atoms with E-state index in [9.17, 15) is 4.79 Å². The summed E-state index contributed by atoms with van der Waals surface area (Å²) in [4.78, 5) is 19.2. The maximum absolute atomic E-state index is 12.7. The Labute approximate surface area is 126 Å². The molecule has 0 spiro atoms. The zero-order chi connectivity index (χ0) is 14.8. The van der Waals surface area contributed by atoms with Crippen LogP contribution in [0.5, 0.6) is 0 Å². The van der Waals surface area contributed by atoms with Crippen LogP contribution in [-0.2, 0) is 0 Å². The highest BCUT2D eigenvalue weighted by Crippen LogP contribution is 2.38. The van der Waals surface area contributed by atoms with Crippen molar-refractivity contribution in [3.8, 4) is 0 Å². The summed E-state index contributed by atoms with van der Waals surface area (Å²) in [5.41, 5.74) is 1.68. The minimum absolute atomic E-state index is 0.175. The van der Waals surface area contributed by atoms with Gasteiger partial charge in [0.05, 0.1) is 0 Å². The average Bonchev–Trinajstić information content (AvgIpc) is 3.04. The average molecular weight is 287 g/mol. The number of hydrogen-bond acceptors (Lipinski definition) is 3. The molecule has 2 heterocycles. The van der Waals surface area contributed by atoms with Crippen molar-refractivity contribution in [1.82, 2.24) is 9.88 Å². The Balaban J connectivity index is 1.73. The first-order valence-corrected chi connectivity index (χ1v) is 8.19. The molecule has 2 aliphatic rings. The first-order chi connectivity index (χ1) is 10.2. The number of anilines is 1. The summed E-state index contributed by atoms with van der Waals surface area (Å²) in [7, 11) is 0. The van der Waals surface area contributed by atoms with Crippen LogP contribution in [0.25, 0.3) is 0 Å². The number of fused-ring (bicyclic) bond motifs is 1. The number of nitrogens with one attached hydrogen (secondary N) is 1. The molecule has 2 unspecified atom stereocenters. The van der Waals surface area contributed by atoms with Crippen LogP contribution in [0.3, 0.4) is 0 Å². The molecule has 21 heavy (non-hydrogen) atoms. The molecule has 3 rings (SSSR count). The summed E-state index contributed by atoms with van der Waals surface area (Å²) in [5.74, 6) is 2.48. The molecule has 1 amide bonds. The van der Waals surface area contributed by atoms with E-state index >= 15 is 0 Å². The second-order valence-corrected chi connectivity index (χ2v) is 6.47. The zero-order valence-electron chi connectivity index (χ0n) is 13.1. The van der Waals surface area contributed by atoms with Crippen LogP contribution in [0.2, 0.25) is 0 Å². The fraction of sp³-hybridized carbons (Fsp3) is 0.647. The number of aryl methyl sites for hydroxylation is 1. The lowest BCUT2D eigenvalue weighted by molar-refractivity contribution is 0.0780. The van der Waals surface area contributed by atoms with Gasteiger partial charge in [-0.1, -0.05) is 13.3 Å². The Morgan fingerprint density at radius 1 is 1.33 bits per heavy atom. The summed E-state index contributed by atoms with van der Waals surface area (Å²) in [6.07, 6.45) is 4.99. The van der Waals surface area contributed by atoms with Gasteiger partial charge in [-0.15, -0.1) is 0 Å². The molecule has 2 atom stereocenters. The molecule has 0 radical (unpaired) electrons. The molecule has 0 bridgehead atoms. The van der Waals surface area contributed by atoms with E-state index in [0.29, 0.717) is 0 Å². The van der Waals surface area contributed by atoms with Gasteiger partial charge < -0.3 is 10.2 Å². The summed E-state index contributed by atoms with van der Waals surface area (Å²) >= 11 is 0. The molecule has 1 N–H and O–H groups in total. The van der Waals surface area contributed by atoms with Crippen molar-refractivity contribution in [3.63, 3.8) is 0 Å². The van der Waals surface area contributed by atoms with Crippen molar-refractivity contribution in [3.05, 3.63) is 23.4 Å². The standard InChI is InChI=1S/C17H25N3O/c1-3-7-18-16-9-15(8-12(2)19-16)17(21)20-10-13-5-4-6-14(13)11-20/h8-9,13-14H,3-7,10-11H2,1-2H3,(H,18,19). The van der Waals surface area contributed by atoms with Gasteiger partial charge in [0.25, 0.3) is 5.91 Å². The highest BCUT2D eigenvalue weighted by molar-refractivity contribution is 5.95. The van der Waals surface area contributed by atoms with Crippen LogP contribution in [0.4, 0.5) is 5.82 Å². The first kappa shape index (κ1) is 14.4. The van der Waals surface area contributed by atoms with Crippen LogP contribution in [-0.4, -0.2) is 35.4 Å². The van der Waals surface area contributed by atoms with E-state index in [-0.39, 0.29) is 5.91 Å². The number of pyridine rings is 1. The third-order valence-corrected chi connectivity index (χ3v) is 4.77. The van der Waals surface area contributed by atoms with E-state index in [0.717, 1.165) is 55.0 Å². The predicted octanol–water partition coefficient (Wildman–Crippen LogP) is 3.08. The van der Waals surface area contributed by atoms with Gasteiger partial charge >= 0.3 is 0 Å². The minimum atomic E-state index is 0.175. The molecule has 1 aromatic heterocycles. The zero-order valence-corrected chi connectivity index (χ0v) is 13.1. The molecule has 1 aliphatic heterocycles. The number of aromatic nitrogens is 1. The normalized spacial score (nSPS) is 24.2. The number of nitrogens with zero attached hydrogens (tertiary/aromatic N) is 2. The Hall–Kier alpha value is -1.58. The number of hydrogen-bond donors (Lipinski definition) is 1. The molecular weight excluding hydrogens is 262 g/mol. The van der Waals surface area contributed by atoms with Crippen LogP contribution < -0.4 is 5.32 Å². The Morgan fingerprint density at radius 3 is 2.71 bits per heavy atom. The van der Waals surface area contributed by atoms with Crippen LogP contribution in [0.1, 0.15) is 48.7 Å². The molecule has 4 nitrogen and oxygen atoms in total. The summed E-state index contributed by atoms with van der Waals surface area (Å²) in [6.45, 7) is 6.85. The van der Waals surface area contributed by atoms with Crippen LogP contribution in [0, 0.1) is 18.8 Å². The van der Waals surface area contributed by atoms with E-state index < -0.39 is 0 Å². The molecule has 2 fully saturated rings. The summed E-state index contributed by atoms with van der Waals surface area (Å²) in [6, 6.07) is 3.81. The van der Waals surface area contributed by atoms with Crippen molar-refractivity contribution in [2.75, 3.05) is 25.0 Å². The SMILES string of the molecule is CCCNc1cc(C(=O)N2CC3CCCC3C2)cc(C)n1. The van der Waals surface area contributed by atoms with Gasteiger partial charge in [0, 0.05) is 30.9 Å². The fourth-order valence-electron chi connectivity index (χ4n) is 3.72. The maximum atomic E-state index is 12.7. The van der Waals surface area contributed by atoms with Crippen molar-refractivity contribution < 1.29 is 4.79 Å². The number of rotatable bonds is 4. The number of likely N-dealkylation sites (tertiary alicyclic amines) is 1. The molecule has 1 aromatic rings. The third kappa shape index (κ3) is 3.04. The van der Waals surface area contributed by atoms with E-state index in [2.05, 4.69) is 17.2 Å². The number of carbonyl (C=O) groups is 1. The van der Waals surface area contributed by atoms with Gasteiger partial charge in [-0.2, -0.15) is 0 Å². The smallest absolute Gasteiger partial charge is 0.254 e. The summed E-state index contributed by atoms with van der Waals surface area (Å²) in [5, 5.41) is 3.28. The van der Waals surface area contributed by atoms with Crippen molar-refractivity contribution in [2.45, 2.75) is 39.5 Å². The highest BCUT2D eigenvalue weighted by Gasteiger charge is 2.38. The van der Waals surface area contributed by atoms with Gasteiger partial charge in [0.1, 0.15) is 5.82 Å². The third-order valence-electron chi connectivity index (χ3n) is 4.77. The van der Waals surface area contributed by atoms with Crippen molar-refractivity contribution >= 4 is 11.7 Å². The molecule has 1 saturated carbocycles. The van der Waals surface area contributed by atoms with Gasteiger partial charge in [-0.25, -0.2) is 4.98 Å². The second-order valence-electron chi connectivity index (χ2n) is 6.47. The molecular formula is C17H25N3O. The van der Waals surface area contributed by atoms with Gasteiger partial charge in [0.2, 0.25) is 0 Å². The van der Waals surface area contributed by atoms with Gasteiger partial charge in [-0.05, 0) is 50.2 Å². The monoisotopic (exact) mass is 287 g/mol. The largest absolute Gasteiger partial charge is 0.370 e. The van der Waals surface area contributed by atoms with E-state index in [1.165, 1.54) is 19.3 Å². The van der Waals surface area contributed by atoms with Gasteiger partial charge in [-0.3, -0.25) is 4.79 Å². The lowest BCUT2D eigenvalue weighted by Gasteiger charge is -2.18. The highest BCUT2D eigenvalue weighted by atomic mass is 16.2. The molecule has 1 aliphatic carbocycles. The van der Waals surface area contributed by atoms with Crippen LogP contribution >= 0.6 is 0 Å². The lowest BCUT2D eigenvalue weighted by atomic mass is 10.0.